The number of nitrogens with zero attached hydrogens (tertiary/aromatic N) is 2. The Hall–Kier alpha value is -10.4. The summed E-state index contributed by atoms with van der Waals surface area (Å²) in [6, 6.07) is 142. The Balaban J connectivity index is 0.000000139. The fourth-order valence-electron chi connectivity index (χ4n) is 11.7. The van der Waals surface area contributed by atoms with Gasteiger partial charge in [-0.25, -0.2) is 0 Å². The molecular formula is C95H87BN2O4P4Si2. The van der Waals surface area contributed by atoms with Gasteiger partial charge in [-0.1, -0.05) is 406 Å². The van der Waals surface area contributed by atoms with Crippen LogP contribution in [-0.2, 0) is 22.1 Å². The monoisotopic (exact) mass is 1510 g/mol. The molecule has 13 aromatic carbocycles. The summed E-state index contributed by atoms with van der Waals surface area (Å²) < 4.78 is 10.4. The molecule has 0 aliphatic carbocycles. The Morgan fingerprint density at radius 3 is 0.704 bits per heavy atom. The number of hydrogen-bond acceptors (Lipinski definition) is 6. The molecule has 6 nitrogen and oxygen atoms in total. The van der Waals surface area contributed by atoms with Gasteiger partial charge in [0, 0.05) is 23.4 Å². The molecule has 108 heavy (non-hydrogen) atoms. The van der Waals surface area contributed by atoms with Gasteiger partial charge in [-0.2, -0.15) is 0 Å². The van der Waals surface area contributed by atoms with Crippen molar-refractivity contribution < 1.29 is 18.9 Å². The maximum Gasteiger partial charge on any atom is 0.490 e. The van der Waals surface area contributed by atoms with Crippen molar-refractivity contribution in [3.63, 3.8) is 0 Å². The van der Waals surface area contributed by atoms with Crippen LogP contribution in [-0.4, -0.2) is 58.2 Å². The highest BCUT2D eigenvalue weighted by Gasteiger charge is 2.20. The molecule has 2 heterocycles. The van der Waals surface area contributed by atoms with Gasteiger partial charge in [0.2, 0.25) is 0 Å². The van der Waals surface area contributed by atoms with Crippen LogP contribution in [0.25, 0.3) is 11.1 Å². The highest BCUT2D eigenvalue weighted by molar-refractivity contribution is 7.81. The summed E-state index contributed by atoms with van der Waals surface area (Å²) in [6.07, 6.45) is 10.6. The predicted molar refractivity (Wildman–Crippen MR) is 474 cm³/mol. The SMILES string of the molecule is C=[Si]OCc1cc(C)c(-c2cccc(C)c2)cn1.C=[Si]OCc1cc(C)c(B(O)O)cn1.c1ccc(P(c2ccccc2)c2ccccc2)cc1.c1ccc(P(c2ccccc2)c2ccccc2)cc1.c1ccc(P(c2ccccc2)c2ccccc2)cc1.c1ccc(P(c2ccccc2)c2ccccc2)cc1. The molecule has 0 bridgehead atoms. The summed E-state index contributed by atoms with van der Waals surface area (Å²) in [6.45, 7) is 6.95. The Labute approximate surface area is 649 Å². The molecule has 0 atom stereocenters. The molecule has 2 radical (unpaired) electrons. The van der Waals surface area contributed by atoms with Gasteiger partial charge in [-0.15, -0.1) is 0 Å². The molecule has 0 amide bonds. The quantitative estimate of drug-likeness (QED) is 0.0584. The number of benzene rings is 13. The molecule has 0 aliphatic heterocycles. The molecule has 0 aliphatic rings. The topological polar surface area (TPSA) is 84.7 Å². The molecule has 0 unspecified atom stereocenters. The number of aromatic nitrogens is 2. The molecule has 2 N–H and O–H groups in total. The third-order valence-electron chi connectivity index (χ3n) is 16.8. The van der Waals surface area contributed by atoms with Gasteiger partial charge in [0.05, 0.1) is 11.4 Å². The predicted octanol–water partition coefficient (Wildman–Crippen LogP) is 15.4. The minimum atomic E-state index is -1.47. The van der Waals surface area contributed by atoms with E-state index in [1.807, 2.05) is 6.20 Å². The lowest BCUT2D eigenvalue weighted by Crippen LogP contribution is -2.32. The highest BCUT2D eigenvalue weighted by atomic mass is 31.1. The number of pyridine rings is 2. The van der Waals surface area contributed by atoms with Crippen molar-refractivity contribution in [1.29, 1.82) is 0 Å². The van der Waals surface area contributed by atoms with Crippen molar-refractivity contribution in [2.45, 2.75) is 34.0 Å². The van der Waals surface area contributed by atoms with E-state index >= 15 is 0 Å². The maximum atomic E-state index is 8.95. The Kier molecular flexibility index (Phi) is 33.2. The number of aryl methyl sites for hydroxylation is 3. The van der Waals surface area contributed by atoms with Crippen molar-refractivity contribution in [3.05, 3.63) is 441 Å². The van der Waals surface area contributed by atoms with Crippen LogP contribution in [0.1, 0.15) is 28.1 Å². The molecule has 0 spiro atoms. The largest absolute Gasteiger partial charge is 0.543 e. The van der Waals surface area contributed by atoms with E-state index in [2.05, 4.69) is 430 Å². The Morgan fingerprint density at radius 1 is 0.287 bits per heavy atom. The minimum Gasteiger partial charge on any atom is -0.543 e. The third-order valence-corrected chi connectivity index (χ3v) is 27.3. The van der Waals surface area contributed by atoms with E-state index in [1.54, 1.807) is 13.0 Å². The van der Waals surface area contributed by atoms with Gasteiger partial charge >= 0.3 is 7.12 Å². The third kappa shape index (κ3) is 24.9. The van der Waals surface area contributed by atoms with Crippen molar-refractivity contribution in [3.8, 4) is 11.1 Å². The van der Waals surface area contributed by atoms with Crippen LogP contribution in [0.4, 0.5) is 0 Å². The number of rotatable bonds is 20. The first kappa shape index (κ1) is 80.2. The van der Waals surface area contributed by atoms with Crippen LogP contribution in [0.5, 0.6) is 0 Å². The van der Waals surface area contributed by atoms with Gasteiger partial charge in [0.15, 0.2) is 0 Å². The molecule has 2 aromatic heterocycles. The average molecular weight is 1510 g/mol. The van der Waals surface area contributed by atoms with E-state index in [0.717, 1.165) is 17.0 Å². The molecule has 0 fully saturated rings. The van der Waals surface area contributed by atoms with Gasteiger partial charge in [-0.05, 0) is 145 Å². The first-order valence-electron chi connectivity index (χ1n) is 35.6. The van der Waals surface area contributed by atoms with Crippen molar-refractivity contribution in [1.82, 2.24) is 9.97 Å². The normalized spacial score (nSPS) is 10.4. The summed E-state index contributed by atoms with van der Waals surface area (Å²) >= 11 is 0. The van der Waals surface area contributed by atoms with Crippen LogP contribution in [0.2, 0.25) is 0 Å². The fourth-order valence-corrected chi connectivity index (χ4v) is 21.5. The molecule has 0 saturated heterocycles. The van der Waals surface area contributed by atoms with Crippen LogP contribution in [0, 0.1) is 20.8 Å². The van der Waals surface area contributed by atoms with Crippen molar-refractivity contribution in [2.75, 3.05) is 0 Å². The van der Waals surface area contributed by atoms with Crippen molar-refractivity contribution in [2.24, 2.45) is 0 Å². The van der Waals surface area contributed by atoms with Crippen LogP contribution < -0.4 is 69.1 Å². The van der Waals surface area contributed by atoms with Crippen LogP contribution in [0.3, 0.4) is 0 Å². The Morgan fingerprint density at radius 2 is 0.509 bits per heavy atom. The second-order valence-corrected chi connectivity index (χ2v) is 34.5. The standard InChI is InChI=1S/4C18H15P.C15H16NOSi.C8H11BNO3Si/c4*1-4-10-16(11-5-1)19(17-12-6-2-7-13-17)18-14-8-3-9-15-18;1-11-5-4-6-13(7-11)15-9-16-14(8-12(15)2)10-17-18-3;1-6-3-7(5-13-14-2)10-4-8(6)9(11)12/h4*1-15H;4-9H,3,10H2,1-2H3;3-4,11-12H,2,5H2,1H3. The smallest absolute Gasteiger partial charge is 0.490 e. The van der Waals surface area contributed by atoms with E-state index in [0.29, 0.717) is 18.7 Å². The summed E-state index contributed by atoms with van der Waals surface area (Å²) in [5.74, 6) is 0. The lowest BCUT2D eigenvalue weighted by Gasteiger charge is -2.18. The first-order chi connectivity index (χ1) is 53.1. The van der Waals surface area contributed by atoms with E-state index in [1.165, 1.54) is 92.1 Å². The van der Waals surface area contributed by atoms with E-state index in [4.69, 9.17) is 18.9 Å². The highest BCUT2D eigenvalue weighted by Crippen LogP contribution is 2.36. The zero-order valence-corrected chi connectivity index (χ0v) is 66.6. The molecular weight excluding hydrogens is 1420 g/mol. The molecule has 13 heteroatoms. The lowest BCUT2D eigenvalue weighted by atomic mass is 9.78. The second kappa shape index (κ2) is 44.7. The van der Waals surface area contributed by atoms with E-state index in [-0.39, 0.29) is 18.8 Å². The molecule has 532 valence electrons. The summed E-state index contributed by atoms with van der Waals surface area (Å²) in [7, 11) is -2.81. The molecule has 15 rings (SSSR count). The van der Waals surface area contributed by atoms with Crippen molar-refractivity contribution >= 4 is 139 Å². The summed E-state index contributed by atoms with van der Waals surface area (Å²) in [5.41, 5.74) is 7.82. The van der Waals surface area contributed by atoms with Gasteiger partial charge in [-0.3, -0.25) is 9.97 Å². The van der Waals surface area contributed by atoms with E-state index < -0.39 is 38.8 Å². The summed E-state index contributed by atoms with van der Waals surface area (Å²) in [4.78, 5) is 8.46. The van der Waals surface area contributed by atoms with E-state index in [9.17, 15) is 0 Å². The van der Waals surface area contributed by atoms with Gasteiger partial charge in [0.1, 0.15) is 13.2 Å². The lowest BCUT2D eigenvalue weighted by molar-refractivity contribution is 0.330. The average Bonchev–Trinajstić information content (AvgIpc) is 0.837. The molecule has 15 aromatic rings. The number of hydrogen-bond donors (Lipinski definition) is 2. The second-order valence-electron chi connectivity index (χ2n) is 24.5. The van der Waals surface area contributed by atoms with Crippen LogP contribution in [0.15, 0.2) is 413 Å². The summed E-state index contributed by atoms with van der Waals surface area (Å²) in [5, 5.41) is 34.7. The Bertz CT molecular complexity index is 4180. The van der Waals surface area contributed by atoms with Gasteiger partial charge in [0.25, 0.3) is 18.8 Å². The zero-order chi connectivity index (χ0) is 75.2. The minimum absolute atomic E-state index is 0.184. The van der Waals surface area contributed by atoms with Crippen LogP contribution >= 0.6 is 31.7 Å². The molecule has 0 saturated carbocycles. The fraction of sp³-hybridized carbons (Fsp3) is 0.0526. The zero-order valence-electron chi connectivity index (χ0n) is 61.1. The van der Waals surface area contributed by atoms with Gasteiger partial charge < -0.3 is 18.9 Å². The maximum absolute atomic E-state index is 8.95. The first-order valence-corrected chi connectivity index (χ1v) is 43.2.